The molecule has 0 spiro atoms. The number of hydrogen-bond acceptors (Lipinski definition) is 2. The lowest BCUT2D eigenvalue weighted by Gasteiger charge is -2.36. The van der Waals surface area contributed by atoms with Gasteiger partial charge in [0.1, 0.15) is 0 Å². The highest BCUT2D eigenvalue weighted by atomic mass is 32.2. The standard InChI is InChI=1S/C18H22O2S/c1-17(2,15-11-7-5-8-12-15)21(19,20)18(3,4)16-13-9-6-10-14-16/h5-14H,1-4H3. The van der Waals surface area contributed by atoms with Gasteiger partial charge in [0.25, 0.3) is 0 Å². The lowest BCUT2D eigenvalue weighted by atomic mass is 10.0. The molecule has 0 saturated heterocycles. The van der Waals surface area contributed by atoms with Gasteiger partial charge < -0.3 is 0 Å². The maximum atomic E-state index is 13.3. The lowest BCUT2D eigenvalue weighted by Crippen LogP contribution is -2.42. The van der Waals surface area contributed by atoms with Crippen LogP contribution in [0.15, 0.2) is 60.7 Å². The third-order valence-corrected chi connectivity index (χ3v) is 7.44. The summed E-state index contributed by atoms with van der Waals surface area (Å²) in [6.45, 7) is 7.12. The van der Waals surface area contributed by atoms with Gasteiger partial charge in [-0.3, -0.25) is 0 Å². The predicted octanol–water partition coefficient (Wildman–Crippen LogP) is 4.27. The van der Waals surface area contributed by atoms with Crippen LogP contribution < -0.4 is 0 Å². The number of rotatable bonds is 4. The van der Waals surface area contributed by atoms with Crippen molar-refractivity contribution in [1.82, 2.24) is 0 Å². The summed E-state index contributed by atoms with van der Waals surface area (Å²) < 4.78 is 24.6. The molecule has 0 atom stereocenters. The Hall–Kier alpha value is -1.61. The summed E-state index contributed by atoms with van der Waals surface area (Å²) in [5, 5.41) is 0. The second-order valence-electron chi connectivity index (χ2n) is 6.26. The Morgan fingerprint density at radius 2 is 0.905 bits per heavy atom. The first kappa shape index (κ1) is 15.8. The Bertz CT molecular complexity index is 642. The maximum Gasteiger partial charge on any atom is 0.168 e. The molecule has 2 nitrogen and oxygen atoms in total. The summed E-state index contributed by atoms with van der Waals surface area (Å²) in [5.41, 5.74) is 1.63. The molecule has 0 aliphatic rings. The van der Waals surface area contributed by atoms with Crippen LogP contribution in [-0.2, 0) is 19.3 Å². The van der Waals surface area contributed by atoms with Crippen molar-refractivity contribution in [2.24, 2.45) is 0 Å². The van der Waals surface area contributed by atoms with Crippen molar-refractivity contribution >= 4 is 9.84 Å². The predicted molar refractivity (Wildman–Crippen MR) is 87.9 cm³/mol. The van der Waals surface area contributed by atoms with Gasteiger partial charge in [-0.15, -0.1) is 0 Å². The third-order valence-electron chi connectivity index (χ3n) is 4.28. The van der Waals surface area contributed by atoms with Gasteiger partial charge in [-0.2, -0.15) is 0 Å². The van der Waals surface area contributed by atoms with Crippen LogP contribution in [-0.4, -0.2) is 8.42 Å². The molecule has 0 amide bonds. The van der Waals surface area contributed by atoms with Crippen molar-refractivity contribution in [3.63, 3.8) is 0 Å². The zero-order valence-corrected chi connectivity index (χ0v) is 13.8. The van der Waals surface area contributed by atoms with Gasteiger partial charge in [0.15, 0.2) is 9.84 Å². The van der Waals surface area contributed by atoms with Crippen molar-refractivity contribution in [3.05, 3.63) is 71.8 Å². The summed E-state index contributed by atoms with van der Waals surface area (Å²) in [5.74, 6) is 0. The minimum absolute atomic E-state index is 0.814. The molecule has 2 aromatic rings. The zero-order chi connectivity index (χ0) is 15.7. The molecule has 0 heterocycles. The molecule has 0 saturated carbocycles. The average molecular weight is 302 g/mol. The average Bonchev–Trinajstić information content (AvgIpc) is 2.48. The molecule has 0 aliphatic heterocycles. The fraction of sp³-hybridized carbons (Fsp3) is 0.333. The molecule has 0 unspecified atom stereocenters. The van der Waals surface area contributed by atoms with Crippen LogP contribution in [0, 0.1) is 0 Å². The van der Waals surface area contributed by atoms with E-state index in [-0.39, 0.29) is 0 Å². The molecule has 112 valence electrons. The second-order valence-corrected chi connectivity index (χ2v) is 9.30. The molecular weight excluding hydrogens is 280 g/mol. The Balaban J connectivity index is 2.56. The monoisotopic (exact) mass is 302 g/mol. The van der Waals surface area contributed by atoms with E-state index >= 15 is 0 Å². The van der Waals surface area contributed by atoms with E-state index in [1.807, 2.05) is 60.7 Å². The van der Waals surface area contributed by atoms with Crippen LogP contribution in [0.3, 0.4) is 0 Å². The van der Waals surface area contributed by atoms with E-state index in [2.05, 4.69) is 0 Å². The van der Waals surface area contributed by atoms with Crippen molar-refractivity contribution < 1.29 is 8.42 Å². The molecule has 0 aromatic heterocycles. The third kappa shape index (κ3) is 2.51. The second kappa shape index (κ2) is 5.30. The Kier molecular flexibility index (Phi) is 3.98. The van der Waals surface area contributed by atoms with Gasteiger partial charge in [0, 0.05) is 0 Å². The quantitative estimate of drug-likeness (QED) is 0.845. The normalized spacial score (nSPS) is 13.1. The Morgan fingerprint density at radius 3 is 1.19 bits per heavy atom. The van der Waals surface area contributed by atoms with Crippen LogP contribution >= 0.6 is 0 Å². The van der Waals surface area contributed by atoms with Crippen LogP contribution in [0.25, 0.3) is 0 Å². The smallest absolute Gasteiger partial charge is 0.168 e. The minimum atomic E-state index is -3.44. The minimum Gasteiger partial charge on any atom is -0.227 e. The van der Waals surface area contributed by atoms with E-state index in [1.165, 1.54) is 0 Å². The Labute approximate surface area is 127 Å². The molecule has 2 aromatic carbocycles. The highest BCUT2D eigenvalue weighted by Crippen LogP contribution is 2.42. The Morgan fingerprint density at radius 1 is 0.619 bits per heavy atom. The first-order chi connectivity index (χ1) is 9.71. The van der Waals surface area contributed by atoms with Gasteiger partial charge in [-0.1, -0.05) is 60.7 Å². The molecule has 0 bridgehead atoms. The van der Waals surface area contributed by atoms with Gasteiger partial charge >= 0.3 is 0 Å². The SMILES string of the molecule is CC(C)(c1ccccc1)S(=O)(=O)C(C)(C)c1ccccc1. The highest BCUT2D eigenvalue weighted by Gasteiger charge is 2.47. The van der Waals surface area contributed by atoms with Crippen LogP contribution in [0.2, 0.25) is 0 Å². The van der Waals surface area contributed by atoms with Gasteiger partial charge in [-0.05, 0) is 38.8 Å². The van der Waals surface area contributed by atoms with Crippen molar-refractivity contribution in [1.29, 1.82) is 0 Å². The van der Waals surface area contributed by atoms with E-state index in [4.69, 9.17) is 0 Å². The topological polar surface area (TPSA) is 34.1 Å². The summed E-state index contributed by atoms with van der Waals surface area (Å²) in [6.07, 6.45) is 0. The van der Waals surface area contributed by atoms with Crippen LogP contribution in [0.4, 0.5) is 0 Å². The molecule has 0 aliphatic carbocycles. The number of sulfone groups is 1. The molecule has 21 heavy (non-hydrogen) atoms. The summed E-state index contributed by atoms with van der Waals surface area (Å²) in [4.78, 5) is 0. The van der Waals surface area contributed by atoms with E-state index in [0.29, 0.717) is 0 Å². The van der Waals surface area contributed by atoms with Crippen LogP contribution in [0.5, 0.6) is 0 Å². The maximum absolute atomic E-state index is 13.3. The van der Waals surface area contributed by atoms with Gasteiger partial charge in [0.05, 0.1) is 9.49 Å². The summed E-state index contributed by atoms with van der Waals surface area (Å²) in [6, 6.07) is 18.8. The zero-order valence-electron chi connectivity index (χ0n) is 13.0. The molecule has 0 N–H and O–H groups in total. The highest BCUT2D eigenvalue weighted by molar-refractivity contribution is 7.93. The van der Waals surface area contributed by atoms with E-state index in [0.717, 1.165) is 11.1 Å². The van der Waals surface area contributed by atoms with E-state index in [1.54, 1.807) is 27.7 Å². The van der Waals surface area contributed by atoms with Crippen molar-refractivity contribution in [2.75, 3.05) is 0 Å². The van der Waals surface area contributed by atoms with E-state index < -0.39 is 19.3 Å². The number of hydrogen-bond donors (Lipinski definition) is 0. The molecular formula is C18H22O2S. The van der Waals surface area contributed by atoms with Crippen molar-refractivity contribution in [3.8, 4) is 0 Å². The first-order valence-electron chi connectivity index (χ1n) is 7.06. The molecule has 0 radical (unpaired) electrons. The fourth-order valence-electron chi connectivity index (χ4n) is 2.63. The lowest BCUT2D eigenvalue weighted by molar-refractivity contribution is 0.514. The number of benzene rings is 2. The van der Waals surface area contributed by atoms with Crippen LogP contribution in [0.1, 0.15) is 38.8 Å². The summed E-state index contributed by atoms with van der Waals surface area (Å²) >= 11 is 0. The molecule has 3 heteroatoms. The van der Waals surface area contributed by atoms with E-state index in [9.17, 15) is 8.42 Å². The van der Waals surface area contributed by atoms with Crippen molar-refractivity contribution in [2.45, 2.75) is 37.2 Å². The largest absolute Gasteiger partial charge is 0.227 e. The molecule has 0 fully saturated rings. The van der Waals surface area contributed by atoms with Gasteiger partial charge in [0.2, 0.25) is 0 Å². The first-order valence-corrected chi connectivity index (χ1v) is 8.55. The van der Waals surface area contributed by atoms with Gasteiger partial charge in [-0.25, -0.2) is 8.42 Å². The summed E-state index contributed by atoms with van der Waals surface area (Å²) in [7, 11) is -3.44. The molecule has 2 rings (SSSR count). The fourth-order valence-corrected chi connectivity index (χ4v) is 4.80.